The van der Waals surface area contributed by atoms with Crippen molar-refractivity contribution in [3.8, 4) is 0 Å². The first-order valence-corrected chi connectivity index (χ1v) is 6.09. The molecule has 5 heteroatoms. The molecule has 0 radical (unpaired) electrons. The lowest BCUT2D eigenvalue weighted by molar-refractivity contribution is -0.136. The highest BCUT2D eigenvalue weighted by atomic mass is 16.5. The number of aromatic nitrogens is 2. The van der Waals surface area contributed by atoms with Crippen molar-refractivity contribution in [3.63, 3.8) is 0 Å². The number of hydrogen-bond donors (Lipinski definition) is 1. The molecule has 0 atom stereocenters. The van der Waals surface area contributed by atoms with Gasteiger partial charge in [-0.3, -0.25) is 9.48 Å². The molecule has 1 N–H and O–H groups in total. The topological polar surface area (TPSA) is 64.4 Å². The van der Waals surface area contributed by atoms with E-state index in [-0.39, 0.29) is 6.42 Å². The van der Waals surface area contributed by atoms with Crippen LogP contribution >= 0.6 is 0 Å². The van der Waals surface area contributed by atoms with Gasteiger partial charge in [-0.1, -0.05) is 6.92 Å². The van der Waals surface area contributed by atoms with Crippen molar-refractivity contribution in [1.82, 2.24) is 9.78 Å². The molecule has 0 aliphatic carbocycles. The number of hydrogen-bond acceptors (Lipinski definition) is 3. The average Bonchev–Trinajstić information content (AvgIpc) is 2.66. The van der Waals surface area contributed by atoms with Gasteiger partial charge in [0.2, 0.25) is 0 Å². The van der Waals surface area contributed by atoms with Gasteiger partial charge >= 0.3 is 5.97 Å². The quantitative estimate of drug-likeness (QED) is 0.841. The Bertz CT molecular complexity index is 412. The Morgan fingerprint density at radius 1 is 1.59 bits per heavy atom. The summed E-state index contributed by atoms with van der Waals surface area (Å²) in [5, 5.41) is 13.3. The first-order chi connectivity index (χ1) is 8.22. The van der Waals surface area contributed by atoms with Crippen LogP contribution in [0.15, 0.2) is 0 Å². The van der Waals surface area contributed by atoms with Gasteiger partial charge in [0.25, 0.3) is 0 Å². The number of nitrogens with zero attached hydrogens (tertiary/aromatic N) is 2. The predicted octanol–water partition coefficient (Wildman–Crippen LogP) is 1.38. The number of carboxylic acids is 1. The molecule has 0 aromatic carbocycles. The van der Waals surface area contributed by atoms with E-state index in [9.17, 15) is 4.79 Å². The van der Waals surface area contributed by atoms with Crippen LogP contribution in [0.1, 0.15) is 36.7 Å². The standard InChI is InChI=1S/C12H18N2O3/c1-2-6-14-11-5-7-17-8-9(11)10(13-14)3-4-12(15)16/h2-8H2,1H3,(H,15,16). The summed E-state index contributed by atoms with van der Waals surface area (Å²) in [7, 11) is 0. The molecule has 0 saturated heterocycles. The second-order valence-corrected chi connectivity index (χ2v) is 4.29. The van der Waals surface area contributed by atoms with Gasteiger partial charge in [-0.25, -0.2) is 0 Å². The fourth-order valence-electron chi connectivity index (χ4n) is 2.20. The minimum Gasteiger partial charge on any atom is -0.481 e. The summed E-state index contributed by atoms with van der Waals surface area (Å²) in [6.45, 7) is 4.33. The highest BCUT2D eigenvalue weighted by Crippen LogP contribution is 2.22. The molecule has 1 aliphatic heterocycles. The Balaban J connectivity index is 2.22. The average molecular weight is 238 g/mol. The van der Waals surface area contributed by atoms with Crippen LogP contribution in [0.4, 0.5) is 0 Å². The van der Waals surface area contributed by atoms with Crippen LogP contribution in [0.5, 0.6) is 0 Å². The second kappa shape index (κ2) is 5.31. The predicted molar refractivity (Wildman–Crippen MR) is 61.8 cm³/mol. The molecular formula is C12H18N2O3. The molecule has 94 valence electrons. The monoisotopic (exact) mass is 238 g/mol. The molecule has 17 heavy (non-hydrogen) atoms. The first-order valence-electron chi connectivity index (χ1n) is 6.09. The lowest BCUT2D eigenvalue weighted by Crippen LogP contribution is -2.14. The molecular weight excluding hydrogens is 220 g/mol. The van der Waals surface area contributed by atoms with Gasteiger partial charge in [0.05, 0.1) is 25.3 Å². The zero-order chi connectivity index (χ0) is 12.3. The summed E-state index contributed by atoms with van der Waals surface area (Å²) in [4.78, 5) is 10.6. The smallest absolute Gasteiger partial charge is 0.303 e. The number of ether oxygens (including phenoxy) is 1. The van der Waals surface area contributed by atoms with Crippen molar-refractivity contribution in [1.29, 1.82) is 0 Å². The zero-order valence-electron chi connectivity index (χ0n) is 10.1. The molecule has 5 nitrogen and oxygen atoms in total. The maximum Gasteiger partial charge on any atom is 0.303 e. The maximum atomic E-state index is 10.6. The Hall–Kier alpha value is -1.36. The van der Waals surface area contributed by atoms with E-state index in [4.69, 9.17) is 9.84 Å². The molecule has 0 amide bonds. The SMILES string of the molecule is CCCn1nc(CCC(=O)O)c2c1CCOC2. The summed E-state index contributed by atoms with van der Waals surface area (Å²) in [5.74, 6) is -0.777. The van der Waals surface area contributed by atoms with Gasteiger partial charge in [0.1, 0.15) is 0 Å². The molecule has 2 heterocycles. The highest BCUT2D eigenvalue weighted by Gasteiger charge is 2.20. The fraction of sp³-hybridized carbons (Fsp3) is 0.667. The van der Waals surface area contributed by atoms with Crippen LogP contribution in [-0.4, -0.2) is 27.5 Å². The van der Waals surface area contributed by atoms with Crippen LogP contribution in [0, 0.1) is 0 Å². The normalized spacial score (nSPS) is 14.6. The Morgan fingerprint density at radius 3 is 3.12 bits per heavy atom. The summed E-state index contributed by atoms with van der Waals surface area (Å²) >= 11 is 0. The minimum absolute atomic E-state index is 0.135. The number of carbonyl (C=O) groups is 1. The van der Waals surface area contributed by atoms with Crippen LogP contribution in [0.25, 0.3) is 0 Å². The number of rotatable bonds is 5. The number of carboxylic acid groups (broad SMARTS) is 1. The Labute approximate surface area is 100 Å². The van der Waals surface area contributed by atoms with Crippen molar-refractivity contribution in [2.75, 3.05) is 6.61 Å². The van der Waals surface area contributed by atoms with Gasteiger partial charge in [-0.15, -0.1) is 0 Å². The van der Waals surface area contributed by atoms with Crippen molar-refractivity contribution in [2.24, 2.45) is 0 Å². The molecule has 1 aromatic heterocycles. The molecule has 0 saturated carbocycles. The third-order valence-electron chi connectivity index (χ3n) is 2.99. The van der Waals surface area contributed by atoms with Crippen LogP contribution in [0.3, 0.4) is 0 Å². The van der Waals surface area contributed by atoms with Gasteiger partial charge in [-0.05, 0) is 6.42 Å². The van der Waals surface area contributed by atoms with Crippen molar-refractivity contribution >= 4 is 5.97 Å². The summed E-state index contributed by atoms with van der Waals surface area (Å²) in [5.41, 5.74) is 3.25. The van der Waals surface area contributed by atoms with Gasteiger partial charge in [0.15, 0.2) is 0 Å². The van der Waals surface area contributed by atoms with E-state index in [0.717, 1.165) is 37.3 Å². The Morgan fingerprint density at radius 2 is 2.41 bits per heavy atom. The van der Waals surface area contributed by atoms with Crippen LogP contribution in [-0.2, 0) is 35.5 Å². The fourth-order valence-corrected chi connectivity index (χ4v) is 2.20. The highest BCUT2D eigenvalue weighted by molar-refractivity contribution is 5.67. The van der Waals surface area contributed by atoms with E-state index in [1.54, 1.807) is 0 Å². The van der Waals surface area contributed by atoms with E-state index >= 15 is 0 Å². The van der Waals surface area contributed by atoms with Gasteiger partial charge < -0.3 is 9.84 Å². The van der Waals surface area contributed by atoms with Crippen molar-refractivity contribution < 1.29 is 14.6 Å². The van der Waals surface area contributed by atoms with E-state index in [1.807, 2.05) is 4.68 Å². The van der Waals surface area contributed by atoms with Gasteiger partial charge in [0, 0.05) is 30.6 Å². The first kappa shape index (κ1) is 12.1. The van der Waals surface area contributed by atoms with Gasteiger partial charge in [-0.2, -0.15) is 5.10 Å². The van der Waals surface area contributed by atoms with E-state index in [0.29, 0.717) is 13.0 Å². The van der Waals surface area contributed by atoms with Crippen molar-refractivity contribution in [3.05, 3.63) is 17.0 Å². The Kier molecular flexibility index (Phi) is 3.78. The van der Waals surface area contributed by atoms with E-state index in [2.05, 4.69) is 12.0 Å². The zero-order valence-corrected chi connectivity index (χ0v) is 10.1. The summed E-state index contributed by atoms with van der Waals surface area (Å²) in [6, 6.07) is 0. The lowest BCUT2D eigenvalue weighted by atomic mass is 10.1. The number of aliphatic carboxylic acids is 1. The summed E-state index contributed by atoms with van der Waals surface area (Å²) < 4.78 is 7.46. The molecule has 0 spiro atoms. The largest absolute Gasteiger partial charge is 0.481 e. The molecule has 1 aliphatic rings. The second-order valence-electron chi connectivity index (χ2n) is 4.29. The van der Waals surface area contributed by atoms with Crippen LogP contribution in [0.2, 0.25) is 0 Å². The van der Waals surface area contributed by atoms with Crippen LogP contribution < -0.4 is 0 Å². The molecule has 0 bridgehead atoms. The third kappa shape index (κ3) is 2.66. The third-order valence-corrected chi connectivity index (χ3v) is 2.99. The van der Waals surface area contributed by atoms with Crippen molar-refractivity contribution in [2.45, 2.75) is 45.8 Å². The molecule has 2 rings (SSSR count). The molecule has 1 aromatic rings. The van der Waals surface area contributed by atoms with E-state index in [1.165, 1.54) is 5.69 Å². The molecule has 0 unspecified atom stereocenters. The lowest BCUT2D eigenvalue weighted by Gasteiger charge is -2.14. The maximum absolute atomic E-state index is 10.6. The minimum atomic E-state index is -0.777. The van der Waals surface area contributed by atoms with E-state index < -0.39 is 5.97 Å². The summed E-state index contributed by atoms with van der Waals surface area (Å²) in [6.07, 6.45) is 2.55. The molecule has 0 fully saturated rings. The number of fused-ring (bicyclic) bond motifs is 1. The number of aryl methyl sites for hydroxylation is 2.